The normalized spacial score (nSPS) is 14.3. The summed E-state index contributed by atoms with van der Waals surface area (Å²) in [6.07, 6.45) is 3.03. The summed E-state index contributed by atoms with van der Waals surface area (Å²) in [4.78, 5) is 14.1. The van der Waals surface area contributed by atoms with Crippen molar-refractivity contribution < 1.29 is 4.79 Å². The van der Waals surface area contributed by atoms with Gasteiger partial charge in [-0.05, 0) is 23.6 Å². The van der Waals surface area contributed by atoms with E-state index in [-0.39, 0.29) is 5.91 Å². The molecule has 4 nitrogen and oxygen atoms in total. The molecule has 0 saturated heterocycles. The lowest BCUT2D eigenvalue weighted by Crippen LogP contribution is -2.36. The molecule has 1 aromatic heterocycles. The van der Waals surface area contributed by atoms with Crippen LogP contribution in [-0.2, 0) is 24.2 Å². The minimum absolute atomic E-state index is 0.161. The zero-order valence-corrected chi connectivity index (χ0v) is 10.1. The highest BCUT2D eigenvalue weighted by Crippen LogP contribution is 2.18. The van der Waals surface area contributed by atoms with E-state index in [1.807, 2.05) is 17.0 Å². The molecule has 0 spiro atoms. The Hall–Kier alpha value is -2.10. The van der Waals surface area contributed by atoms with Gasteiger partial charge in [-0.25, -0.2) is 0 Å². The monoisotopic (exact) mass is 241 g/mol. The van der Waals surface area contributed by atoms with E-state index >= 15 is 0 Å². The van der Waals surface area contributed by atoms with E-state index < -0.39 is 0 Å². The number of nitrogens with one attached hydrogen (secondary N) is 1. The average molecular weight is 241 g/mol. The molecule has 0 atom stereocenters. The molecule has 3 rings (SSSR count). The fraction of sp³-hybridized carbons (Fsp3) is 0.286. The van der Waals surface area contributed by atoms with Crippen molar-refractivity contribution in [3.63, 3.8) is 0 Å². The van der Waals surface area contributed by atoms with Crippen molar-refractivity contribution in [3.8, 4) is 0 Å². The van der Waals surface area contributed by atoms with E-state index in [2.05, 4.69) is 28.4 Å². The van der Waals surface area contributed by atoms with Crippen molar-refractivity contribution in [2.45, 2.75) is 19.4 Å². The Balaban J connectivity index is 1.70. The maximum Gasteiger partial charge on any atom is 0.228 e. The van der Waals surface area contributed by atoms with Crippen LogP contribution in [0.3, 0.4) is 0 Å². The third kappa shape index (κ3) is 2.14. The van der Waals surface area contributed by atoms with Crippen LogP contribution >= 0.6 is 0 Å². The SMILES string of the molecule is O=C(Cc1ccn[nH]1)N1CCc2ccccc2C1. The standard InChI is InChI=1S/C14H15N3O/c18-14(9-13-5-7-15-16-13)17-8-6-11-3-1-2-4-12(11)10-17/h1-5,7H,6,8-10H2,(H,15,16). The number of aromatic nitrogens is 2. The highest BCUT2D eigenvalue weighted by molar-refractivity contribution is 5.78. The van der Waals surface area contributed by atoms with Crippen LogP contribution in [0.2, 0.25) is 0 Å². The third-order valence-corrected chi connectivity index (χ3v) is 3.38. The Morgan fingerprint density at radius 3 is 2.89 bits per heavy atom. The smallest absolute Gasteiger partial charge is 0.228 e. The second-order valence-corrected chi connectivity index (χ2v) is 4.59. The summed E-state index contributed by atoms with van der Waals surface area (Å²) in [6, 6.07) is 10.2. The topological polar surface area (TPSA) is 49.0 Å². The molecule has 2 heterocycles. The molecule has 4 heteroatoms. The first-order valence-corrected chi connectivity index (χ1v) is 6.16. The molecule has 18 heavy (non-hydrogen) atoms. The Morgan fingerprint density at radius 2 is 2.11 bits per heavy atom. The maximum absolute atomic E-state index is 12.2. The number of fused-ring (bicyclic) bond motifs is 1. The largest absolute Gasteiger partial charge is 0.338 e. The number of amides is 1. The van der Waals surface area contributed by atoms with Crippen molar-refractivity contribution in [1.82, 2.24) is 15.1 Å². The number of nitrogens with zero attached hydrogens (tertiary/aromatic N) is 2. The quantitative estimate of drug-likeness (QED) is 0.867. The van der Waals surface area contributed by atoms with Crippen molar-refractivity contribution in [2.75, 3.05) is 6.54 Å². The lowest BCUT2D eigenvalue weighted by atomic mass is 9.99. The van der Waals surface area contributed by atoms with E-state index in [0.717, 1.165) is 25.2 Å². The fourth-order valence-corrected chi connectivity index (χ4v) is 2.37. The van der Waals surface area contributed by atoms with E-state index in [1.54, 1.807) is 6.20 Å². The van der Waals surface area contributed by atoms with Gasteiger partial charge in [-0.3, -0.25) is 9.89 Å². The molecule has 1 aliphatic heterocycles. The first-order valence-electron chi connectivity index (χ1n) is 6.16. The van der Waals surface area contributed by atoms with Gasteiger partial charge in [0, 0.05) is 25.0 Å². The van der Waals surface area contributed by atoms with E-state index in [0.29, 0.717) is 6.42 Å². The van der Waals surface area contributed by atoms with Gasteiger partial charge in [0.05, 0.1) is 6.42 Å². The molecule has 0 saturated carbocycles. The summed E-state index contributed by atoms with van der Waals surface area (Å²) >= 11 is 0. The molecule has 1 amide bonds. The predicted octanol–water partition coefficient (Wildman–Crippen LogP) is 1.54. The summed E-state index contributed by atoms with van der Waals surface area (Å²) < 4.78 is 0. The van der Waals surface area contributed by atoms with Crippen molar-refractivity contribution in [3.05, 3.63) is 53.3 Å². The van der Waals surface area contributed by atoms with Gasteiger partial charge in [0.25, 0.3) is 0 Å². The van der Waals surface area contributed by atoms with E-state index in [1.165, 1.54) is 11.1 Å². The summed E-state index contributed by atoms with van der Waals surface area (Å²) in [5.41, 5.74) is 3.50. The second-order valence-electron chi connectivity index (χ2n) is 4.59. The van der Waals surface area contributed by atoms with Gasteiger partial charge in [-0.15, -0.1) is 0 Å². The first kappa shape index (κ1) is 11.0. The molecule has 0 radical (unpaired) electrons. The van der Waals surface area contributed by atoms with Crippen LogP contribution in [0.4, 0.5) is 0 Å². The van der Waals surface area contributed by atoms with Gasteiger partial charge < -0.3 is 4.90 Å². The summed E-state index contributed by atoms with van der Waals surface area (Å²) in [6.45, 7) is 1.53. The number of rotatable bonds is 2. The molecule has 2 aromatic rings. The van der Waals surface area contributed by atoms with Crippen LogP contribution < -0.4 is 0 Å². The third-order valence-electron chi connectivity index (χ3n) is 3.38. The summed E-state index contributed by atoms with van der Waals surface area (Å²) in [5, 5.41) is 6.69. The minimum Gasteiger partial charge on any atom is -0.338 e. The fourth-order valence-electron chi connectivity index (χ4n) is 2.37. The molecular weight excluding hydrogens is 226 g/mol. The van der Waals surface area contributed by atoms with Crippen LogP contribution in [-0.4, -0.2) is 27.5 Å². The van der Waals surface area contributed by atoms with Gasteiger partial charge in [0.15, 0.2) is 0 Å². The van der Waals surface area contributed by atoms with Crippen LogP contribution in [0.25, 0.3) is 0 Å². The van der Waals surface area contributed by atoms with Gasteiger partial charge in [-0.2, -0.15) is 5.10 Å². The molecule has 0 aliphatic carbocycles. The number of hydrogen-bond acceptors (Lipinski definition) is 2. The summed E-state index contributed by atoms with van der Waals surface area (Å²) in [7, 11) is 0. The number of carbonyl (C=O) groups excluding carboxylic acids is 1. The van der Waals surface area contributed by atoms with Crippen LogP contribution in [0.5, 0.6) is 0 Å². The lowest BCUT2D eigenvalue weighted by Gasteiger charge is -2.28. The molecule has 92 valence electrons. The Kier molecular flexibility index (Phi) is 2.84. The molecule has 0 fully saturated rings. The molecule has 1 N–H and O–H groups in total. The number of carbonyl (C=O) groups is 1. The predicted molar refractivity (Wildman–Crippen MR) is 67.9 cm³/mol. The van der Waals surface area contributed by atoms with Crippen LogP contribution in [0.1, 0.15) is 16.8 Å². The maximum atomic E-state index is 12.2. The van der Waals surface area contributed by atoms with Crippen molar-refractivity contribution in [1.29, 1.82) is 0 Å². The van der Waals surface area contributed by atoms with E-state index in [9.17, 15) is 4.79 Å². The van der Waals surface area contributed by atoms with Crippen molar-refractivity contribution >= 4 is 5.91 Å². The van der Waals surface area contributed by atoms with Gasteiger partial charge in [-0.1, -0.05) is 24.3 Å². The van der Waals surface area contributed by atoms with E-state index in [4.69, 9.17) is 0 Å². The second kappa shape index (κ2) is 4.64. The Morgan fingerprint density at radius 1 is 1.28 bits per heavy atom. The molecule has 1 aromatic carbocycles. The number of benzene rings is 1. The molecule has 0 bridgehead atoms. The van der Waals surface area contributed by atoms with Gasteiger partial charge >= 0.3 is 0 Å². The highest BCUT2D eigenvalue weighted by atomic mass is 16.2. The average Bonchev–Trinajstić information content (AvgIpc) is 2.91. The molecule has 0 unspecified atom stereocenters. The van der Waals surface area contributed by atoms with Crippen LogP contribution in [0, 0.1) is 0 Å². The number of aromatic amines is 1. The van der Waals surface area contributed by atoms with Crippen molar-refractivity contribution in [2.24, 2.45) is 0 Å². The Bertz CT molecular complexity index is 548. The Labute approximate surface area is 106 Å². The number of hydrogen-bond donors (Lipinski definition) is 1. The number of H-pyrrole nitrogens is 1. The van der Waals surface area contributed by atoms with Crippen LogP contribution in [0.15, 0.2) is 36.5 Å². The first-order chi connectivity index (χ1) is 8.83. The highest BCUT2D eigenvalue weighted by Gasteiger charge is 2.20. The minimum atomic E-state index is 0.161. The zero-order chi connectivity index (χ0) is 12.4. The van der Waals surface area contributed by atoms with Gasteiger partial charge in [0.1, 0.15) is 0 Å². The lowest BCUT2D eigenvalue weighted by molar-refractivity contribution is -0.131. The molecule has 1 aliphatic rings. The zero-order valence-electron chi connectivity index (χ0n) is 10.1. The van der Waals surface area contributed by atoms with Gasteiger partial charge in [0.2, 0.25) is 5.91 Å². The summed E-state index contributed by atoms with van der Waals surface area (Å²) in [5.74, 6) is 0.161. The molecular formula is C14H15N3O.